The number of hydrogen-bond donors (Lipinski definition) is 1. The fourth-order valence-electron chi connectivity index (χ4n) is 4.82. The summed E-state index contributed by atoms with van der Waals surface area (Å²) in [6.07, 6.45) is 5.18. The van der Waals surface area contributed by atoms with Crippen molar-refractivity contribution in [3.05, 3.63) is 59.1 Å². The molecule has 1 aliphatic carbocycles. The fraction of sp³-hybridized carbons (Fsp3) is 0.400. The highest BCUT2D eigenvalue weighted by atomic mass is 32.1. The molecule has 1 fully saturated rings. The van der Waals surface area contributed by atoms with Gasteiger partial charge in [0.1, 0.15) is 16.9 Å². The maximum absolute atomic E-state index is 13.8. The van der Waals surface area contributed by atoms with Gasteiger partial charge in [0.2, 0.25) is 5.91 Å². The number of thiophene rings is 1. The summed E-state index contributed by atoms with van der Waals surface area (Å²) in [6, 6.07) is 13.9. The molecule has 2 amide bonds. The molecule has 2 aromatic heterocycles. The van der Waals surface area contributed by atoms with Crippen LogP contribution in [0.15, 0.2) is 47.8 Å². The van der Waals surface area contributed by atoms with Crippen LogP contribution in [0, 0.1) is 0 Å². The lowest BCUT2D eigenvalue weighted by molar-refractivity contribution is -0.127. The number of fused-ring (bicyclic) bond motifs is 1. The quantitative estimate of drug-likeness (QED) is 0.618. The minimum absolute atomic E-state index is 0.115. The molecule has 1 aromatic carbocycles. The highest BCUT2D eigenvalue weighted by Gasteiger charge is 2.49. The van der Waals surface area contributed by atoms with Gasteiger partial charge in [-0.3, -0.25) is 19.2 Å². The molecular formula is C25H28N4O2S. The van der Waals surface area contributed by atoms with Crippen molar-refractivity contribution in [3.8, 4) is 10.6 Å². The van der Waals surface area contributed by atoms with Gasteiger partial charge in [-0.05, 0) is 61.4 Å². The monoisotopic (exact) mass is 448 g/mol. The van der Waals surface area contributed by atoms with E-state index in [0.717, 1.165) is 48.4 Å². The van der Waals surface area contributed by atoms with Crippen LogP contribution in [-0.4, -0.2) is 33.2 Å². The third kappa shape index (κ3) is 3.54. The van der Waals surface area contributed by atoms with Crippen molar-refractivity contribution >= 4 is 28.8 Å². The summed E-state index contributed by atoms with van der Waals surface area (Å²) in [6.45, 7) is 4.27. The summed E-state index contributed by atoms with van der Waals surface area (Å²) in [7, 11) is 0. The van der Waals surface area contributed by atoms with E-state index in [1.54, 1.807) is 20.9 Å². The molecule has 0 saturated heterocycles. The second-order valence-corrected chi connectivity index (χ2v) is 9.89. The number of carbonyl (C=O) groups excluding carboxylic acids is 2. The molecule has 1 N–H and O–H groups in total. The number of rotatable bonds is 5. The third-order valence-electron chi connectivity index (χ3n) is 6.71. The number of amides is 2. The number of aromatic nitrogens is 2. The molecule has 0 bridgehead atoms. The van der Waals surface area contributed by atoms with Crippen LogP contribution in [-0.2, 0) is 17.8 Å². The van der Waals surface area contributed by atoms with Gasteiger partial charge >= 0.3 is 0 Å². The maximum atomic E-state index is 13.8. The maximum Gasteiger partial charge on any atom is 0.277 e. The van der Waals surface area contributed by atoms with Crippen LogP contribution in [0.3, 0.4) is 0 Å². The van der Waals surface area contributed by atoms with Gasteiger partial charge in [0.05, 0.1) is 11.4 Å². The Balaban J connectivity index is 1.57. The fourth-order valence-corrected chi connectivity index (χ4v) is 5.50. The summed E-state index contributed by atoms with van der Waals surface area (Å²) in [4.78, 5) is 30.1. The topological polar surface area (TPSA) is 67.2 Å². The SMILES string of the molecule is CCc1ccc(N2C(=O)c3cc(-c4cccs4)nn3CC2(C)C(=O)NC2CCCC2)cc1. The second-order valence-electron chi connectivity index (χ2n) is 8.94. The van der Waals surface area contributed by atoms with E-state index in [4.69, 9.17) is 5.10 Å². The van der Waals surface area contributed by atoms with Crippen molar-refractivity contribution in [1.29, 1.82) is 0 Å². The summed E-state index contributed by atoms with van der Waals surface area (Å²) < 4.78 is 1.71. The summed E-state index contributed by atoms with van der Waals surface area (Å²) in [5.74, 6) is -0.309. The molecule has 166 valence electrons. The Morgan fingerprint density at radius 3 is 2.62 bits per heavy atom. The molecule has 5 rings (SSSR count). The van der Waals surface area contributed by atoms with Gasteiger partial charge in [0.15, 0.2) is 0 Å². The minimum Gasteiger partial charge on any atom is -0.351 e. The Labute approximate surface area is 192 Å². The van der Waals surface area contributed by atoms with Gasteiger partial charge < -0.3 is 5.32 Å². The van der Waals surface area contributed by atoms with E-state index in [-0.39, 0.29) is 17.9 Å². The number of benzene rings is 1. The molecule has 32 heavy (non-hydrogen) atoms. The average Bonchev–Trinajstić information content (AvgIpc) is 3.55. The first-order chi connectivity index (χ1) is 15.5. The van der Waals surface area contributed by atoms with E-state index in [2.05, 4.69) is 12.2 Å². The van der Waals surface area contributed by atoms with Crippen molar-refractivity contribution in [1.82, 2.24) is 15.1 Å². The molecule has 1 atom stereocenters. The Bertz CT molecular complexity index is 1130. The predicted molar refractivity (Wildman–Crippen MR) is 127 cm³/mol. The Hall–Kier alpha value is -2.93. The molecule has 1 unspecified atom stereocenters. The van der Waals surface area contributed by atoms with Crippen LogP contribution in [0.1, 0.15) is 55.6 Å². The van der Waals surface area contributed by atoms with Crippen LogP contribution in [0.5, 0.6) is 0 Å². The predicted octanol–water partition coefficient (Wildman–Crippen LogP) is 4.65. The van der Waals surface area contributed by atoms with Gasteiger partial charge in [0.25, 0.3) is 5.91 Å². The van der Waals surface area contributed by atoms with Crippen molar-refractivity contribution < 1.29 is 9.59 Å². The van der Waals surface area contributed by atoms with Crippen LogP contribution in [0.4, 0.5) is 5.69 Å². The molecule has 0 spiro atoms. The van der Waals surface area contributed by atoms with Gasteiger partial charge in [-0.15, -0.1) is 11.3 Å². The molecule has 3 heterocycles. The smallest absolute Gasteiger partial charge is 0.277 e. The van der Waals surface area contributed by atoms with E-state index in [1.165, 1.54) is 5.56 Å². The van der Waals surface area contributed by atoms with E-state index in [9.17, 15) is 9.59 Å². The molecule has 7 heteroatoms. The largest absolute Gasteiger partial charge is 0.351 e. The van der Waals surface area contributed by atoms with Gasteiger partial charge in [-0.25, -0.2) is 0 Å². The third-order valence-corrected chi connectivity index (χ3v) is 7.60. The Morgan fingerprint density at radius 2 is 1.97 bits per heavy atom. The van der Waals surface area contributed by atoms with E-state index in [1.807, 2.05) is 54.8 Å². The second kappa shape index (κ2) is 8.20. The molecule has 1 saturated carbocycles. The zero-order chi connectivity index (χ0) is 22.3. The van der Waals surface area contributed by atoms with Crippen molar-refractivity contribution in [2.75, 3.05) is 4.90 Å². The summed E-state index contributed by atoms with van der Waals surface area (Å²) >= 11 is 1.59. The zero-order valence-corrected chi connectivity index (χ0v) is 19.3. The molecule has 6 nitrogen and oxygen atoms in total. The average molecular weight is 449 g/mol. The lowest BCUT2D eigenvalue weighted by atomic mass is 9.93. The highest BCUT2D eigenvalue weighted by Crippen LogP contribution is 2.35. The first-order valence-electron chi connectivity index (χ1n) is 11.4. The van der Waals surface area contributed by atoms with Crippen molar-refractivity contribution in [3.63, 3.8) is 0 Å². The summed E-state index contributed by atoms with van der Waals surface area (Å²) in [5.41, 5.74) is 2.14. The van der Waals surface area contributed by atoms with Crippen molar-refractivity contribution in [2.45, 2.75) is 64.1 Å². The number of nitrogens with one attached hydrogen (secondary N) is 1. The van der Waals surface area contributed by atoms with Gasteiger partial charge in [-0.2, -0.15) is 5.10 Å². The van der Waals surface area contributed by atoms with E-state index in [0.29, 0.717) is 12.2 Å². The summed E-state index contributed by atoms with van der Waals surface area (Å²) in [5, 5.41) is 9.93. The molecule has 0 radical (unpaired) electrons. The number of nitrogens with zero attached hydrogens (tertiary/aromatic N) is 3. The zero-order valence-electron chi connectivity index (χ0n) is 18.5. The van der Waals surface area contributed by atoms with Crippen LogP contribution < -0.4 is 10.2 Å². The van der Waals surface area contributed by atoms with Crippen LogP contribution in [0.2, 0.25) is 0 Å². The standard InChI is InChI=1S/C25H28N4O2S/c1-3-17-10-12-19(13-11-17)29-23(30)21-15-20(22-9-6-14-32-22)27-28(21)16-25(29,2)24(31)26-18-7-4-5-8-18/h6,9-15,18H,3-5,7-8,16H2,1-2H3,(H,26,31). The van der Waals surface area contributed by atoms with Crippen molar-refractivity contribution in [2.24, 2.45) is 0 Å². The first kappa shape index (κ1) is 20.9. The van der Waals surface area contributed by atoms with E-state index < -0.39 is 5.54 Å². The van der Waals surface area contributed by atoms with Crippen LogP contribution >= 0.6 is 11.3 Å². The normalized spacial score (nSPS) is 21.1. The highest BCUT2D eigenvalue weighted by molar-refractivity contribution is 7.13. The number of anilines is 1. The molecule has 3 aromatic rings. The number of aryl methyl sites for hydroxylation is 1. The molecule has 1 aliphatic heterocycles. The van der Waals surface area contributed by atoms with Crippen LogP contribution in [0.25, 0.3) is 10.6 Å². The molecular weight excluding hydrogens is 420 g/mol. The van der Waals surface area contributed by atoms with Gasteiger partial charge in [0, 0.05) is 11.7 Å². The number of hydrogen-bond acceptors (Lipinski definition) is 4. The lowest BCUT2D eigenvalue weighted by Crippen LogP contribution is -2.65. The Kier molecular flexibility index (Phi) is 5.37. The minimum atomic E-state index is -1.07. The van der Waals surface area contributed by atoms with E-state index >= 15 is 0 Å². The molecule has 2 aliphatic rings. The number of carbonyl (C=O) groups is 2. The lowest BCUT2D eigenvalue weighted by Gasteiger charge is -2.43. The van der Waals surface area contributed by atoms with Gasteiger partial charge in [-0.1, -0.05) is 38.0 Å². The first-order valence-corrected chi connectivity index (χ1v) is 12.2. The Morgan fingerprint density at radius 1 is 1.22 bits per heavy atom.